The Morgan fingerprint density at radius 1 is 1.41 bits per heavy atom. The molecule has 92 valence electrons. The average molecular weight is 245 g/mol. The molecule has 0 fully saturated rings. The molecule has 0 spiro atoms. The van der Waals surface area contributed by atoms with Gasteiger partial charge in [0.25, 0.3) is 0 Å². The highest BCUT2D eigenvalue weighted by Crippen LogP contribution is 2.39. The Morgan fingerprint density at radius 2 is 2.12 bits per heavy atom. The van der Waals surface area contributed by atoms with E-state index in [1.165, 1.54) is 17.0 Å². The van der Waals surface area contributed by atoms with Crippen molar-refractivity contribution in [3.63, 3.8) is 0 Å². The molecule has 1 N–H and O–H groups in total. The Bertz CT molecular complexity index is 457. The van der Waals surface area contributed by atoms with Crippen molar-refractivity contribution in [3.8, 4) is 0 Å². The number of nitrogens with zero attached hydrogens (tertiary/aromatic N) is 1. The molecule has 1 aliphatic heterocycles. The molecular weight excluding hydrogens is 235 g/mol. The van der Waals surface area contributed by atoms with E-state index in [9.17, 15) is 18.0 Å². The van der Waals surface area contributed by atoms with Gasteiger partial charge in [-0.2, -0.15) is 13.2 Å². The maximum absolute atomic E-state index is 12.7. The van der Waals surface area contributed by atoms with Gasteiger partial charge in [0.2, 0.25) is 0 Å². The number of fused-ring (bicyclic) bond motifs is 1. The standard InChI is InChI=1S/C11H10F3NO2/c12-11(13,14)8-2-1-3-9-7(8)4-5-15(9)6-10(16)17/h1-3H,4-6H2,(H,16,17). The third kappa shape index (κ3) is 2.20. The molecule has 1 aromatic rings. The fraction of sp³-hybridized carbons (Fsp3) is 0.364. The number of anilines is 1. The van der Waals surface area contributed by atoms with Gasteiger partial charge in [0.15, 0.2) is 0 Å². The van der Waals surface area contributed by atoms with Crippen LogP contribution in [0.15, 0.2) is 18.2 Å². The highest BCUT2D eigenvalue weighted by Gasteiger charge is 2.36. The molecule has 17 heavy (non-hydrogen) atoms. The summed E-state index contributed by atoms with van der Waals surface area (Å²) in [6.45, 7) is 0.0447. The predicted molar refractivity (Wildman–Crippen MR) is 55.0 cm³/mol. The molecule has 0 amide bonds. The van der Waals surface area contributed by atoms with Gasteiger partial charge in [0.1, 0.15) is 6.54 Å². The molecule has 0 bridgehead atoms. The topological polar surface area (TPSA) is 40.5 Å². The van der Waals surface area contributed by atoms with Gasteiger partial charge in [-0.1, -0.05) is 6.07 Å². The molecule has 2 rings (SSSR count). The van der Waals surface area contributed by atoms with Crippen LogP contribution >= 0.6 is 0 Å². The van der Waals surface area contributed by atoms with Crippen LogP contribution in [0.4, 0.5) is 18.9 Å². The third-order valence-electron chi connectivity index (χ3n) is 2.76. The molecule has 0 aromatic heterocycles. The van der Waals surface area contributed by atoms with Crippen LogP contribution in [0.1, 0.15) is 11.1 Å². The van der Waals surface area contributed by atoms with Crippen LogP contribution in [-0.2, 0) is 17.4 Å². The fourth-order valence-corrected chi connectivity index (χ4v) is 2.09. The van der Waals surface area contributed by atoms with Crippen molar-refractivity contribution in [1.29, 1.82) is 0 Å². The minimum absolute atomic E-state index is 0.196. The lowest BCUT2D eigenvalue weighted by molar-refractivity contribution is -0.138. The minimum Gasteiger partial charge on any atom is -0.480 e. The summed E-state index contributed by atoms with van der Waals surface area (Å²) in [5, 5.41) is 8.66. The molecular formula is C11H10F3NO2. The van der Waals surface area contributed by atoms with Gasteiger partial charge in [0.05, 0.1) is 5.56 Å². The van der Waals surface area contributed by atoms with Gasteiger partial charge in [-0.15, -0.1) is 0 Å². The number of halogens is 3. The monoisotopic (exact) mass is 245 g/mol. The molecule has 0 saturated heterocycles. The van der Waals surface area contributed by atoms with Crippen molar-refractivity contribution < 1.29 is 23.1 Å². The van der Waals surface area contributed by atoms with Crippen molar-refractivity contribution in [2.24, 2.45) is 0 Å². The zero-order valence-corrected chi connectivity index (χ0v) is 8.79. The van der Waals surface area contributed by atoms with Gasteiger partial charge in [-0.25, -0.2) is 0 Å². The Hall–Kier alpha value is -1.72. The normalized spacial score (nSPS) is 14.9. The van der Waals surface area contributed by atoms with Crippen LogP contribution in [0.3, 0.4) is 0 Å². The minimum atomic E-state index is -4.38. The van der Waals surface area contributed by atoms with Gasteiger partial charge in [-0.05, 0) is 24.1 Å². The smallest absolute Gasteiger partial charge is 0.416 e. The number of aliphatic carboxylic acids is 1. The van der Waals surface area contributed by atoms with E-state index in [-0.39, 0.29) is 18.5 Å². The number of carboxylic acids is 1. The summed E-state index contributed by atoms with van der Waals surface area (Å²) in [6, 6.07) is 3.87. The molecule has 1 aromatic carbocycles. The Balaban J connectivity index is 2.39. The van der Waals surface area contributed by atoms with Gasteiger partial charge in [0, 0.05) is 12.2 Å². The van der Waals surface area contributed by atoms with Crippen LogP contribution in [0.25, 0.3) is 0 Å². The van der Waals surface area contributed by atoms with Crippen molar-refractivity contribution in [2.75, 3.05) is 18.0 Å². The second-order valence-corrected chi connectivity index (χ2v) is 3.87. The number of hydrogen-bond donors (Lipinski definition) is 1. The second kappa shape index (κ2) is 3.94. The van der Waals surface area contributed by atoms with Crippen molar-refractivity contribution in [2.45, 2.75) is 12.6 Å². The Kier molecular flexibility index (Phi) is 2.73. The highest BCUT2D eigenvalue weighted by molar-refractivity contribution is 5.76. The molecule has 3 nitrogen and oxygen atoms in total. The third-order valence-corrected chi connectivity index (χ3v) is 2.76. The summed E-state index contributed by atoms with van der Waals surface area (Å²) in [5.74, 6) is -1.05. The zero-order valence-electron chi connectivity index (χ0n) is 8.79. The van der Waals surface area contributed by atoms with Crippen LogP contribution in [0.2, 0.25) is 0 Å². The molecule has 0 radical (unpaired) electrons. The van der Waals surface area contributed by atoms with E-state index in [0.717, 1.165) is 6.07 Å². The van der Waals surface area contributed by atoms with Gasteiger partial charge < -0.3 is 10.0 Å². The lowest BCUT2D eigenvalue weighted by Crippen LogP contribution is -2.27. The van der Waals surface area contributed by atoms with Crippen LogP contribution in [0, 0.1) is 0 Å². The highest BCUT2D eigenvalue weighted by atomic mass is 19.4. The van der Waals surface area contributed by atoms with E-state index in [1.54, 1.807) is 0 Å². The number of hydrogen-bond acceptors (Lipinski definition) is 2. The van der Waals surface area contributed by atoms with Crippen LogP contribution < -0.4 is 4.90 Å². The van der Waals surface area contributed by atoms with E-state index in [1.807, 2.05) is 0 Å². The molecule has 1 heterocycles. The first-order valence-electron chi connectivity index (χ1n) is 5.05. The Morgan fingerprint density at radius 3 is 2.71 bits per heavy atom. The molecule has 6 heteroatoms. The van der Waals surface area contributed by atoms with E-state index >= 15 is 0 Å². The van der Waals surface area contributed by atoms with Crippen molar-refractivity contribution in [3.05, 3.63) is 29.3 Å². The maximum Gasteiger partial charge on any atom is 0.416 e. The summed E-state index contributed by atoms with van der Waals surface area (Å²) in [4.78, 5) is 12.0. The van der Waals surface area contributed by atoms with E-state index < -0.39 is 17.7 Å². The zero-order chi connectivity index (χ0) is 12.6. The van der Waals surface area contributed by atoms with E-state index in [2.05, 4.69) is 0 Å². The van der Waals surface area contributed by atoms with Crippen molar-refractivity contribution in [1.82, 2.24) is 0 Å². The summed E-state index contributed by atoms with van der Waals surface area (Å²) < 4.78 is 38.1. The van der Waals surface area contributed by atoms with Crippen LogP contribution in [0.5, 0.6) is 0 Å². The number of rotatable bonds is 2. The number of carbonyl (C=O) groups is 1. The summed E-state index contributed by atoms with van der Waals surface area (Å²) in [7, 11) is 0. The van der Waals surface area contributed by atoms with E-state index in [0.29, 0.717) is 12.2 Å². The number of benzene rings is 1. The number of carboxylic acid groups (broad SMARTS) is 1. The molecule has 0 atom stereocenters. The van der Waals surface area contributed by atoms with E-state index in [4.69, 9.17) is 5.11 Å². The lowest BCUT2D eigenvalue weighted by Gasteiger charge is -2.17. The predicted octanol–water partition coefficient (Wildman–Crippen LogP) is 2.15. The van der Waals surface area contributed by atoms with Gasteiger partial charge in [-0.3, -0.25) is 4.79 Å². The fourth-order valence-electron chi connectivity index (χ4n) is 2.09. The summed E-state index contributed by atoms with van der Waals surface area (Å²) >= 11 is 0. The first kappa shape index (κ1) is 11.8. The summed E-state index contributed by atoms with van der Waals surface area (Å²) in [6.07, 6.45) is -4.15. The summed E-state index contributed by atoms with van der Waals surface area (Å²) in [5.41, 5.74) is -0.0913. The molecule has 0 unspecified atom stereocenters. The molecule has 0 aliphatic carbocycles. The molecule has 1 aliphatic rings. The SMILES string of the molecule is O=C(O)CN1CCc2c1cccc2C(F)(F)F. The Labute approximate surface area is 95.5 Å². The second-order valence-electron chi connectivity index (χ2n) is 3.87. The molecule has 0 saturated carbocycles. The van der Waals surface area contributed by atoms with Gasteiger partial charge >= 0.3 is 12.1 Å². The quantitative estimate of drug-likeness (QED) is 0.867. The number of alkyl halides is 3. The first-order chi connectivity index (χ1) is 7.89. The average Bonchev–Trinajstić information content (AvgIpc) is 2.59. The largest absolute Gasteiger partial charge is 0.480 e. The first-order valence-corrected chi connectivity index (χ1v) is 5.05. The van der Waals surface area contributed by atoms with Crippen LogP contribution in [-0.4, -0.2) is 24.2 Å². The lowest BCUT2D eigenvalue weighted by atomic mass is 10.0. The maximum atomic E-state index is 12.7. The van der Waals surface area contributed by atoms with Crippen molar-refractivity contribution >= 4 is 11.7 Å².